The predicted octanol–water partition coefficient (Wildman–Crippen LogP) is 10.1. The van der Waals surface area contributed by atoms with Gasteiger partial charge in [0.15, 0.2) is 0 Å². The highest BCUT2D eigenvalue weighted by Crippen LogP contribution is 2.52. The Hall–Kier alpha value is -4.52. The zero-order valence-electron chi connectivity index (χ0n) is 33.0. The van der Waals surface area contributed by atoms with E-state index in [-0.39, 0.29) is 42.5 Å². The van der Waals surface area contributed by atoms with Crippen LogP contribution in [0.5, 0.6) is 0 Å². The fourth-order valence-corrected chi connectivity index (χ4v) is 12.0. The Labute approximate surface area is 339 Å². The van der Waals surface area contributed by atoms with Crippen LogP contribution in [0.15, 0.2) is 169 Å². The minimum Gasteiger partial charge on any atom is -0.366 e. The van der Waals surface area contributed by atoms with Crippen LogP contribution in [0.4, 0.5) is 5.69 Å². The van der Waals surface area contributed by atoms with E-state index < -0.39 is 0 Å². The number of nitrogens with zero attached hydrogens (tertiary/aromatic N) is 1. The molecule has 0 radical (unpaired) electrons. The molecule has 11 rings (SSSR count). The molecule has 5 aliphatic carbocycles. The summed E-state index contributed by atoms with van der Waals surface area (Å²) in [6.07, 6.45) is 33.9. The molecule has 3 aromatic carbocycles. The molecule has 0 spiro atoms. The molecule has 2 saturated heterocycles. The Morgan fingerprint density at radius 1 is 0.702 bits per heavy atom. The van der Waals surface area contributed by atoms with E-state index in [9.17, 15) is 0 Å². The first kappa shape index (κ1) is 35.6. The monoisotopic (exact) mass is 752 g/mol. The summed E-state index contributed by atoms with van der Waals surface area (Å²) in [4.78, 5) is 2.65. The van der Waals surface area contributed by atoms with Gasteiger partial charge in [-0.05, 0) is 96.3 Å². The maximum Gasteiger partial charge on any atom is 0.0861 e. The molecule has 3 heterocycles. The molecule has 3 fully saturated rings. The van der Waals surface area contributed by atoms with E-state index in [1.54, 1.807) is 0 Å². The molecule has 5 heteroatoms. The summed E-state index contributed by atoms with van der Waals surface area (Å²) in [5.74, 6) is 3.22. The molecular formula is C52H56N4O. The number of benzene rings is 3. The highest BCUT2D eigenvalue weighted by atomic mass is 16.5. The van der Waals surface area contributed by atoms with Crippen molar-refractivity contribution >= 4 is 5.69 Å². The van der Waals surface area contributed by atoms with Gasteiger partial charge >= 0.3 is 0 Å². The highest BCUT2D eigenvalue weighted by Gasteiger charge is 2.50. The van der Waals surface area contributed by atoms with Crippen molar-refractivity contribution in [2.75, 3.05) is 4.90 Å². The summed E-state index contributed by atoms with van der Waals surface area (Å²) >= 11 is 0. The van der Waals surface area contributed by atoms with Crippen molar-refractivity contribution in [2.45, 2.75) is 94.0 Å². The SMILES string of the molecule is C[C@@H]1CC(C2NC(C3=CC=CC4OC5C=CC(N6c7ccccc7C7CC(C8=CCCC=C8)C=CC76)=CC5C34)NC(c3ccccc3)N2)CCC1c1ccccc1. The van der Waals surface area contributed by atoms with Crippen LogP contribution >= 0.6 is 0 Å². The largest absolute Gasteiger partial charge is 0.366 e. The number of nitrogens with one attached hydrogen (secondary N) is 3. The van der Waals surface area contributed by atoms with E-state index in [1.807, 2.05) is 0 Å². The summed E-state index contributed by atoms with van der Waals surface area (Å²) in [5, 5.41) is 12.3. The third-order valence-corrected chi connectivity index (χ3v) is 14.7. The van der Waals surface area contributed by atoms with Crippen molar-refractivity contribution in [1.29, 1.82) is 0 Å². The summed E-state index contributed by atoms with van der Waals surface area (Å²) in [6, 6.07) is 31.7. The molecule has 1 saturated carbocycles. The minimum atomic E-state index is 0.0180. The topological polar surface area (TPSA) is 48.6 Å². The molecular weight excluding hydrogens is 697 g/mol. The Balaban J connectivity index is 0.885. The van der Waals surface area contributed by atoms with E-state index in [2.05, 4.69) is 180 Å². The number of hydrogen-bond donors (Lipinski definition) is 3. The van der Waals surface area contributed by atoms with Gasteiger partial charge < -0.3 is 9.64 Å². The zero-order valence-corrected chi connectivity index (χ0v) is 33.0. The van der Waals surface area contributed by atoms with Gasteiger partial charge in [-0.15, -0.1) is 0 Å². The van der Waals surface area contributed by atoms with Crippen LogP contribution < -0.4 is 20.9 Å². The average molecular weight is 753 g/mol. The molecule has 0 amide bonds. The first-order valence-corrected chi connectivity index (χ1v) is 21.9. The second kappa shape index (κ2) is 15.0. The number of para-hydroxylation sites is 1. The van der Waals surface area contributed by atoms with Crippen molar-refractivity contribution in [1.82, 2.24) is 16.0 Å². The third kappa shape index (κ3) is 6.48. The maximum atomic E-state index is 6.91. The Kier molecular flexibility index (Phi) is 9.38. The summed E-state index contributed by atoms with van der Waals surface area (Å²) in [6.45, 7) is 2.47. The molecule has 0 aromatic heterocycles. The molecule has 3 N–H and O–H groups in total. The number of hydrogen-bond acceptors (Lipinski definition) is 5. The molecule has 3 aliphatic heterocycles. The van der Waals surface area contributed by atoms with Crippen LogP contribution in [0, 0.1) is 29.6 Å². The fraction of sp³-hybridized carbons (Fsp3) is 0.385. The number of allylic oxidation sites excluding steroid dienone is 8. The van der Waals surface area contributed by atoms with Crippen molar-refractivity contribution in [3.63, 3.8) is 0 Å². The van der Waals surface area contributed by atoms with Gasteiger partial charge in [0.25, 0.3) is 0 Å². The molecule has 0 bridgehead atoms. The predicted molar refractivity (Wildman–Crippen MR) is 231 cm³/mol. The van der Waals surface area contributed by atoms with Gasteiger partial charge in [0.2, 0.25) is 0 Å². The third-order valence-electron chi connectivity index (χ3n) is 14.7. The highest BCUT2D eigenvalue weighted by molar-refractivity contribution is 5.69. The molecule has 13 atom stereocenters. The quantitative estimate of drug-likeness (QED) is 0.219. The lowest BCUT2D eigenvalue weighted by Crippen LogP contribution is -2.67. The number of fused-ring (bicyclic) bond motifs is 6. The lowest BCUT2D eigenvalue weighted by Gasteiger charge is -2.47. The first-order valence-electron chi connectivity index (χ1n) is 21.9. The van der Waals surface area contributed by atoms with Crippen LogP contribution in [0.2, 0.25) is 0 Å². The van der Waals surface area contributed by atoms with Crippen LogP contribution in [0.1, 0.15) is 80.1 Å². The number of anilines is 1. The summed E-state index contributed by atoms with van der Waals surface area (Å²) in [5.41, 5.74) is 9.85. The van der Waals surface area contributed by atoms with Crippen LogP contribution in [-0.4, -0.2) is 30.6 Å². The summed E-state index contributed by atoms with van der Waals surface area (Å²) in [7, 11) is 0. The molecule has 12 unspecified atom stereocenters. The maximum absolute atomic E-state index is 6.91. The second-order valence-corrected chi connectivity index (χ2v) is 17.9. The molecule has 290 valence electrons. The van der Waals surface area contributed by atoms with Crippen molar-refractivity contribution in [3.05, 3.63) is 185 Å². The molecule has 8 aliphatic rings. The smallest absolute Gasteiger partial charge is 0.0861 e. The van der Waals surface area contributed by atoms with Gasteiger partial charge in [-0.2, -0.15) is 0 Å². The van der Waals surface area contributed by atoms with Gasteiger partial charge in [-0.25, -0.2) is 0 Å². The van der Waals surface area contributed by atoms with E-state index >= 15 is 0 Å². The first-order chi connectivity index (χ1) is 28.2. The van der Waals surface area contributed by atoms with Gasteiger partial charge in [0, 0.05) is 35.1 Å². The van der Waals surface area contributed by atoms with E-state index in [1.165, 1.54) is 58.5 Å². The lowest BCUT2D eigenvalue weighted by atomic mass is 9.71. The fourth-order valence-electron chi connectivity index (χ4n) is 12.0. The van der Waals surface area contributed by atoms with Crippen LogP contribution in [0.25, 0.3) is 0 Å². The Morgan fingerprint density at radius 3 is 2.33 bits per heavy atom. The normalized spacial score (nSPS) is 37.7. The minimum absolute atomic E-state index is 0.0180. The van der Waals surface area contributed by atoms with Gasteiger partial charge in [0.1, 0.15) is 0 Å². The van der Waals surface area contributed by atoms with E-state index in [0.29, 0.717) is 35.6 Å². The standard InChI is InChI=1S/C52H56N4O/c1-33-30-38(24-27-40(33)35-16-7-3-8-17-35)51-53-50(36-18-9-4-10-19-36)54-52(55-51)42-21-13-23-48-49(42)44-32-39(26-29-47(44)57-48)56-45-22-12-11-20-41(45)43-31-37(25-28-46(43)56)34-14-5-2-6-15-34/h3-5,7-23,25-26,28-29,32-33,37-38,40,43-44,46-55H,2,6,24,27,30-31H2,1H3/t33-,37?,38?,40?,43?,44?,46?,47?,48?,49?,50?,51?,52?/m1/s1. The number of rotatable bonds is 6. The van der Waals surface area contributed by atoms with Crippen LogP contribution in [-0.2, 0) is 4.74 Å². The van der Waals surface area contributed by atoms with Crippen molar-refractivity contribution in [3.8, 4) is 0 Å². The molecule has 3 aromatic rings. The lowest BCUT2D eigenvalue weighted by molar-refractivity contribution is 0.0834. The van der Waals surface area contributed by atoms with Gasteiger partial charge in [-0.1, -0.05) is 147 Å². The average Bonchev–Trinajstić information content (AvgIpc) is 3.82. The van der Waals surface area contributed by atoms with Crippen molar-refractivity contribution < 1.29 is 4.74 Å². The van der Waals surface area contributed by atoms with Crippen LogP contribution in [0.3, 0.4) is 0 Å². The Bertz CT molecular complexity index is 2180. The van der Waals surface area contributed by atoms with E-state index in [4.69, 9.17) is 4.74 Å². The number of ether oxygens (including phenoxy) is 1. The zero-order chi connectivity index (χ0) is 37.9. The van der Waals surface area contributed by atoms with E-state index in [0.717, 1.165) is 19.3 Å². The Morgan fingerprint density at radius 2 is 1.51 bits per heavy atom. The van der Waals surface area contributed by atoms with Crippen molar-refractivity contribution in [2.24, 2.45) is 29.6 Å². The van der Waals surface area contributed by atoms with Gasteiger partial charge in [0.05, 0.1) is 36.7 Å². The summed E-state index contributed by atoms with van der Waals surface area (Å²) < 4.78 is 6.91. The molecule has 57 heavy (non-hydrogen) atoms. The van der Waals surface area contributed by atoms with Gasteiger partial charge in [-0.3, -0.25) is 16.0 Å². The second-order valence-electron chi connectivity index (χ2n) is 17.9. The molecule has 5 nitrogen and oxygen atoms in total.